The lowest BCUT2D eigenvalue weighted by Gasteiger charge is -2.29. The zero-order chi connectivity index (χ0) is 15.9. The molecule has 1 aromatic carbocycles. The van der Waals surface area contributed by atoms with Crippen LogP contribution in [0.5, 0.6) is 5.75 Å². The molecule has 6 heteroatoms. The highest BCUT2D eigenvalue weighted by molar-refractivity contribution is 6.01. The van der Waals surface area contributed by atoms with Gasteiger partial charge in [0.05, 0.1) is 11.2 Å². The Hall–Kier alpha value is -2.50. The number of carboxylic acids is 1. The van der Waals surface area contributed by atoms with Gasteiger partial charge in [-0.1, -0.05) is 0 Å². The highest BCUT2D eigenvalue weighted by Gasteiger charge is 2.20. The molecule has 0 unspecified atom stereocenters. The predicted octanol–water partition coefficient (Wildman–Crippen LogP) is 2.52. The Labute approximate surface area is 128 Å². The lowest BCUT2D eigenvalue weighted by Crippen LogP contribution is -2.29. The van der Waals surface area contributed by atoms with Crippen LogP contribution in [-0.4, -0.2) is 34.3 Å². The van der Waals surface area contributed by atoms with Crippen molar-refractivity contribution in [1.82, 2.24) is 4.98 Å². The fraction of sp³-hybridized carbons (Fsp3) is 0.375. The molecule has 0 atom stereocenters. The maximum Gasteiger partial charge on any atom is 0.354 e. The van der Waals surface area contributed by atoms with Crippen molar-refractivity contribution in [3.05, 3.63) is 23.4 Å². The van der Waals surface area contributed by atoms with Gasteiger partial charge in [0.25, 0.3) is 0 Å². The topological polar surface area (TPSA) is 99.7 Å². The fourth-order valence-corrected chi connectivity index (χ4v) is 3.00. The summed E-state index contributed by atoms with van der Waals surface area (Å²) in [6.07, 6.45) is 3.51. The van der Waals surface area contributed by atoms with Crippen LogP contribution in [0, 0.1) is 6.92 Å². The summed E-state index contributed by atoms with van der Waals surface area (Å²) in [5.41, 5.74) is 7.82. The number of hydrogen-bond donors (Lipinski definition) is 3. The van der Waals surface area contributed by atoms with Gasteiger partial charge in [0.2, 0.25) is 0 Å². The summed E-state index contributed by atoms with van der Waals surface area (Å²) < 4.78 is 0. The number of hydrogen-bond acceptors (Lipinski definition) is 5. The minimum atomic E-state index is -1.17. The molecule has 0 aliphatic carbocycles. The second-order valence-corrected chi connectivity index (χ2v) is 5.72. The third-order valence-corrected chi connectivity index (χ3v) is 4.24. The smallest absolute Gasteiger partial charge is 0.354 e. The van der Waals surface area contributed by atoms with E-state index in [1.807, 2.05) is 6.07 Å². The van der Waals surface area contributed by atoms with Gasteiger partial charge in [-0.2, -0.15) is 0 Å². The van der Waals surface area contributed by atoms with Crippen LogP contribution in [0.1, 0.15) is 35.3 Å². The van der Waals surface area contributed by atoms with E-state index in [0.717, 1.165) is 31.6 Å². The number of anilines is 2. The molecule has 116 valence electrons. The molecule has 0 spiro atoms. The number of fused-ring (bicyclic) bond motifs is 1. The van der Waals surface area contributed by atoms with Crippen molar-refractivity contribution in [2.45, 2.75) is 26.2 Å². The Morgan fingerprint density at radius 3 is 2.59 bits per heavy atom. The summed E-state index contributed by atoms with van der Waals surface area (Å²) in [7, 11) is 0. The monoisotopic (exact) mass is 301 g/mol. The van der Waals surface area contributed by atoms with Gasteiger partial charge in [0.1, 0.15) is 5.75 Å². The Morgan fingerprint density at radius 2 is 1.95 bits per heavy atom. The number of carboxylic acid groups (broad SMARTS) is 1. The third kappa shape index (κ3) is 2.30. The molecule has 2 heterocycles. The van der Waals surface area contributed by atoms with Crippen molar-refractivity contribution in [2.75, 3.05) is 23.7 Å². The second kappa shape index (κ2) is 5.36. The molecule has 1 aliphatic rings. The highest BCUT2D eigenvalue weighted by Crippen LogP contribution is 2.36. The fourth-order valence-electron chi connectivity index (χ4n) is 3.00. The van der Waals surface area contributed by atoms with Crippen molar-refractivity contribution >= 4 is 28.2 Å². The number of nitrogens with zero attached hydrogens (tertiary/aromatic N) is 2. The summed E-state index contributed by atoms with van der Waals surface area (Å²) >= 11 is 0. The maximum absolute atomic E-state index is 11.2. The summed E-state index contributed by atoms with van der Waals surface area (Å²) in [4.78, 5) is 17.6. The van der Waals surface area contributed by atoms with Gasteiger partial charge >= 0.3 is 5.97 Å². The lowest BCUT2D eigenvalue weighted by atomic mass is 10.0. The van der Waals surface area contributed by atoms with Crippen molar-refractivity contribution in [3.63, 3.8) is 0 Å². The van der Waals surface area contributed by atoms with Crippen LogP contribution in [0.15, 0.2) is 12.1 Å². The molecule has 1 aromatic heterocycles. The Morgan fingerprint density at radius 1 is 1.27 bits per heavy atom. The van der Waals surface area contributed by atoms with Crippen molar-refractivity contribution in [2.24, 2.45) is 0 Å². The van der Waals surface area contributed by atoms with Crippen LogP contribution >= 0.6 is 0 Å². The molecule has 1 aliphatic heterocycles. The Balaban J connectivity index is 2.19. The summed E-state index contributed by atoms with van der Waals surface area (Å²) in [5, 5.41) is 20.0. The van der Waals surface area contributed by atoms with Gasteiger partial charge in [0, 0.05) is 29.7 Å². The van der Waals surface area contributed by atoms with Gasteiger partial charge in [-0.15, -0.1) is 0 Å². The lowest BCUT2D eigenvalue weighted by molar-refractivity contribution is 0.0689. The molecular weight excluding hydrogens is 282 g/mol. The summed E-state index contributed by atoms with van der Waals surface area (Å²) in [6.45, 7) is 3.48. The summed E-state index contributed by atoms with van der Waals surface area (Å²) in [6, 6.07) is 3.65. The number of carbonyl (C=O) groups is 1. The maximum atomic E-state index is 11.2. The SMILES string of the molecule is Cc1c(C(=O)O)nc2c(N)cc(N3CCCCC3)cc2c1O. The number of aromatic hydroxyl groups is 1. The molecule has 4 N–H and O–H groups in total. The molecule has 22 heavy (non-hydrogen) atoms. The van der Waals surface area contributed by atoms with Gasteiger partial charge in [-0.05, 0) is 38.3 Å². The largest absolute Gasteiger partial charge is 0.507 e. The third-order valence-electron chi connectivity index (χ3n) is 4.24. The molecule has 0 saturated carbocycles. The van der Waals surface area contributed by atoms with Crippen molar-refractivity contribution in [3.8, 4) is 5.75 Å². The summed E-state index contributed by atoms with van der Waals surface area (Å²) in [5.74, 6) is -1.23. The molecule has 3 rings (SSSR count). The number of nitrogen functional groups attached to an aromatic ring is 1. The zero-order valence-corrected chi connectivity index (χ0v) is 12.5. The quantitative estimate of drug-likeness (QED) is 0.737. The minimum absolute atomic E-state index is 0.0621. The standard InChI is InChI=1S/C16H19N3O3/c1-9-13(16(21)22)18-14-11(15(9)20)7-10(8-12(14)17)19-5-3-2-4-6-19/h7-8H,2-6,17H2,1H3,(H,18,20)(H,21,22). The Kier molecular flexibility index (Phi) is 3.52. The first-order chi connectivity index (χ1) is 10.5. The van der Waals surface area contributed by atoms with Crippen LogP contribution in [-0.2, 0) is 0 Å². The number of pyridine rings is 1. The van der Waals surface area contributed by atoms with Crippen LogP contribution < -0.4 is 10.6 Å². The molecule has 1 saturated heterocycles. The van der Waals surface area contributed by atoms with Gasteiger partial charge < -0.3 is 20.8 Å². The first-order valence-corrected chi connectivity index (χ1v) is 7.40. The van der Waals surface area contributed by atoms with E-state index in [1.54, 1.807) is 13.0 Å². The number of aromatic nitrogens is 1. The van der Waals surface area contributed by atoms with E-state index in [2.05, 4.69) is 9.88 Å². The molecule has 2 aromatic rings. The number of rotatable bonds is 2. The molecule has 0 radical (unpaired) electrons. The Bertz CT molecular complexity index is 752. The van der Waals surface area contributed by atoms with Crippen LogP contribution in [0.4, 0.5) is 11.4 Å². The zero-order valence-electron chi connectivity index (χ0n) is 12.5. The number of aromatic carboxylic acids is 1. The second-order valence-electron chi connectivity index (χ2n) is 5.72. The van der Waals surface area contributed by atoms with E-state index in [-0.39, 0.29) is 17.0 Å². The van der Waals surface area contributed by atoms with Crippen LogP contribution in [0.2, 0.25) is 0 Å². The van der Waals surface area contributed by atoms with E-state index in [4.69, 9.17) is 5.73 Å². The van der Waals surface area contributed by atoms with E-state index in [1.165, 1.54) is 6.42 Å². The van der Waals surface area contributed by atoms with Crippen LogP contribution in [0.3, 0.4) is 0 Å². The van der Waals surface area contributed by atoms with Crippen molar-refractivity contribution < 1.29 is 15.0 Å². The molecule has 6 nitrogen and oxygen atoms in total. The van der Waals surface area contributed by atoms with Gasteiger partial charge in [0.15, 0.2) is 5.69 Å². The van der Waals surface area contributed by atoms with E-state index >= 15 is 0 Å². The first-order valence-electron chi connectivity index (χ1n) is 7.40. The highest BCUT2D eigenvalue weighted by atomic mass is 16.4. The average molecular weight is 301 g/mol. The molecule has 0 bridgehead atoms. The molecule has 0 amide bonds. The number of piperidine rings is 1. The normalized spacial score (nSPS) is 15.2. The number of benzene rings is 1. The van der Waals surface area contributed by atoms with Gasteiger partial charge in [-0.25, -0.2) is 9.78 Å². The van der Waals surface area contributed by atoms with E-state index in [0.29, 0.717) is 16.6 Å². The number of nitrogens with two attached hydrogens (primary N) is 1. The minimum Gasteiger partial charge on any atom is -0.507 e. The van der Waals surface area contributed by atoms with Crippen LogP contribution in [0.25, 0.3) is 10.9 Å². The first kappa shape index (κ1) is 14.4. The van der Waals surface area contributed by atoms with Crippen molar-refractivity contribution in [1.29, 1.82) is 0 Å². The average Bonchev–Trinajstić information content (AvgIpc) is 2.51. The van der Waals surface area contributed by atoms with Gasteiger partial charge in [-0.3, -0.25) is 0 Å². The van der Waals surface area contributed by atoms with E-state index in [9.17, 15) is 15.0 Å². The molecule has 1 fully saturated rings. The van der Waals surface area contributed by atoms with E-state index < -0.39 is 5.97 Å². The molecular formula is C16H19N3O3. The predicted molar refractivity (Wildman–Crippen MR) is 85.6 cm³/mol.